The van der Waals surface area contributed by atoms with Crippen molar-refractivity contribution in [3.8, 4) is 17.0 Å². The number of hydrogen-bond acceptors (Lipinski definition) is 6. The van der Waals surface area contributed by atoms with E-state index < -0.39 is 0 Å². The maximum atomic E-state index is 12.6. The van der Waals surface area contributed by atoms with Gasteiger partial charge in [-0.05, 0) is 17.7 Å². The van der Waals surface area contributed by atoms with Gasteiger partial charge in [-0.3, -0.25) is 9.48 Å². The predicted octanol–water partition coefficient (Wildman–Crippen LogP) is 4.82. The summed E-state index contributed by atoms with van der Waals surface area (Å²) in [6.45, 7) is 0.573. The van der Waals surface area contributed by atoms with Crippen molar-refractivity contribution in [2.24, 2.45) is 7.05 Å². The molecule has 3 N–H and O–H groups in total. The van der Waals surface area contributed by atoms with Gasteiger partial charge in [0.25, 0.3) is 5.91 Å². The second-order valence-electron chi connectivity index (χ2n) is 8.63. The van der Waals surface area contributed by atoms with Gasteiger partial charge in [0, 0.05) is 48.0 Å². The summed E-state index contributed by atoms with van der Waals surface area (Å²) >= 11 is 0. The van der Waals surface area contributed by atoms with Gasteiger partial charge in [-0.2, -0.15) is 5.10 Å². The molecule has 2 aliphatic rings. The van der Waals surface area contributed by atoms with Crippen LogP contribution in [0.1, 0.15) is 17.2 Å². The van der Waals surface area contributed by atoms with Crippen molar-refractivity contribution in [2.75, 3.05) is 17.2 Å². The third-order valence-corrected chi connectivity index (χ3v) is 6.29. The monoisotopic (exact) mass is 536 g/mol. The fraction of sp³-hybridized carbons (Fsp3) is 0.148. The molecule has 0 aliphatic carbocycles. The van der Waals surface area contributed by atoms with E-state index in [1.54, 1.807) is 17.1 Å². The molecule has 2 atom stereocenters. The number of nitrogens with one attached hydrogen (secondary N) is 3. The number of aryl methyl sites for hydroxylation is 1. The molecule has 190 valence electrons. The van der Waals surface area contributed by atoms with E-state index in [4.69, 9.17) is 4.74 Å². The number of halogens is 2. The quantitative estimate of drug-likeness (QED) is 0.316. The molecule has 0 bridgehead atoms. The fourth-order valence-electron chi connectivity index (χ4n) is 4.52. The molecule has 4 aromatic rings. The Hall–Kier alpha value is -4.01. The Bertz CT molecular complexity index is 1440. The predicted molar refractivity (Wildman–Crippen MR) is 149 cm³/mol. The van der Waals surface area contributed by atoms with E-state index in [1.807, 2.05) is 68.0 Å². The van der Waals surface area contributed by atoms with Crippen LogP contribution in [0.4, 0.5) is 11.4 Å². The summed E-state index contributed by atoms with van der Waals surface area (Å²) in [4.78, 5) is 17.2. The van der Waals surface area contributed by atoms with E-state index >= 15 is 0 Å². The molecule has 2 aliphatic heterocycles. The van der Waals surface area contributed by atoms with Crippen molar-refractivity contribution in [3.05, 3.63) is 96.6 Å². The molecule has 2 aromatic carbocycles. The van der Waals surface area contributed by atoms with Crippen LogP contribution in [0.5, 0.6) is 5.88 Å². The SMILES string of the molecule is Cl.Cl.Cn1cc(-c2cnc3c(c2)NC[C@@H]([C@H](NC=C2C(=O)Nc4ccccc42)c2ccccc2)O3)cn1. The van der Waals surface area contributed by atoms with E-state index in [9.17, 15) is 4.79 Å². The number of hydrogen-bond donors (Lipinski definition) is 3. The van der Waals surface area contributed by atoms with Crippen molar-refractivity contribution in [3.63, 3.8) is 0 Å². The van der Waals surface area contributed by atoms with Gasteiger partial charge >= 0.3 is 0 Å². The van der Waals surface area contributed by atoms with Gasteiger partial charge in [0.2, 0.25) is 5.88 Å². The lowest BCUT2D eigenvalue weighted by Gasteiger charge is -2.33. The standard InChI is InChI=1S/C27H24N6O2.2ClH/c1-33-16-19(13-31-33)18-11-23-27(30-12-18)35-24(15-28-23)25(17-7-3-2-4-8-17)29-14-21-20-9-5-6-10-22(20)32-26(21)34;;/h2-14,16,24-25,28-29H,15H2,1H3,(H,32,34);2*1H/t24-,25+;;/m0../s1. The lowest BCUT2D eigenvalue weighted by atomic mass is 9.99. The van der Waals surface area contributed by atoms with Crippen LogP contribution in [0.15, 0.2) is 85.5 Å². The van der Waals surface area contributed by atoms with Gasteiger partial charge in [0.15, 0.2) is 0 Å². The zero-order valence-electron chi connectivity index (χ0n) is 19.9. The van der Waals surface area contributed by atoms with E-state index in [1.165, 1.54) is 0 Å². The second kappa shape index (κ2) is 10.9. The topological polar surface area (TPSA) is 93.1 Å². The van der Waals surface area contributed by atoms with Gasteiger partial charge < -0.3 is 20.7 Å². The maximum absolute atomic E-state index is 12.6. The number of carbonyl (C=O) groups excluding carboxylic acids is 1. The third kappa shape index (κ3) is 5.12. The summed E-state index contributed by atoms with van der Waals surface area (Å²) < 4.78 is 8.14. The summed E-state index contributed by atoms with van der Waals surface area (Å²) in [6, 6.07) is 19.6. The first-order chi connectivity index (χ1) is 17.2. The first-order valence-corrected chi connectivity index (χ1v) is 11.5. The maximum Gasteiger partial charge on any atom is 0.257 e. The van der Waals surface area contributed by atoms with Crippen LogP contribution in [0, 0.1) is 0 Å². The minimum absolute atomic E-state index is 0. The van der Waals surface area contributed by atoms with Crippen LogP contribution in [-0.2, 0) is 11.8 Å². The fourth-order valence-corrected chi connectivity index (χ4v) is 4.52. The number of fused-ring (bicyclic) bond motifs is 2. The molecule has 37 heavy (non-hydrogen) atoms. The number of amides is 1. The molecule has 0 fully saturated rings. The molecule has 10 heteroatoms. The third-order valence-electron chi connectivity index (χ3n) is 6.29. The summed E-state index contributed by atoms with van der Waals surface area (Å²) in [6.07, 6.45) is 7.10. The Morgan fingerprint density at radius 2 is 1.84 bits per heavy atom. The van der Waals surface area contributed by atoms with E-state index in [0.29, 0.717) is 18.0 Å². The summed E-state index contributed by atoms with van der Waals surface area (Å²) in [5.41, 5.74) is 6.17. The van der Waals surface area contributed by atoms with Crippen LogP contribution in [0.25, 0.3) is 16.7 Å². The number of rotatable bonds is 5. The molecule has 0 saturated carbocycles. The molecule has 1 amide bonds. The summed E-state index contributed by atoms with van der Waals surface area (Å²) in [5, 5.41) is 14.1. The molecule has 2 aromatic heterocycles. The second-order valence-corrected chi connectivity index (χ2v) is 8.63. The van der Waals surface area contributed by atoms with Gasteiger partial charge in [-0.1, -0.05) is 48.5 Å². The average molecular weight is 537 g/mol. The van der Waals surface area contributed by atoms with Crippen LogP contribution in [-0.4, -0.2) is 33.3 Å². The normalized spacial score (nSPS) is 17.2. The van der Waals surface area contributed by atoms with Crippen LogP contribution in [0.2, 0.25) is 0 Å². The zero-order chi connectivity index (χ0) is 23.8. The lowest BCUT2D eigenvalue weighted by Crippen LogP contribution is -2.41. The minimum atomic E-state index is -0.252. The Morgan fingerprint density at radius 3 is 2.62 bits per heavy atom. The van der Waals surface area contributed by atoms with Crippen LogP contribution < -0.4 is 20.7 Å². The Kier molecular flexibility index (Phi) is 7.71. The highest BCUT2D eigenvalue weighted by Gasteiger charge is 2.31. The lowest BCUT2D eigenvalue weighted by molar-refractivity contribution is -0.110. The van der Waals surface area contributed by atoms with E-state index in [-0.39, 0.29) is 42.9 Å². The number of ether oxygens (including phenoxy) is 1. The minimum Gasteiger partial charge on any atom is -0.468 e. The van der Waals surface area contributed by atoms with Crippen molar-refractivity contribution in [1.29, 1.82) is 0 Å². The molecule has 4 heterocycles. The Balaban J connectivity index is 0.00000160. The van der Waals surface area contributed by atoms with Crippen LogP contribution >= 0.6 is 24.8 Å². The van der Waals surface area contributed by atoms with Crippen LogP contribution in [0.3, 0.4) is 0 Å². The smallest absolute Gasteiger partial charge is 0.257 e. The first-order valence-electron chi connectivity index (χ1n) is 11.5. The molecule has 0 radical (unpaired) electrons. The number of pyridine rings is 1. The van der Waals surface area contributed by atoms with Gasteiger partial charge in [-0.15, -0.1) is 24.8 Å². The number of carbonyl (C=O) groups is 1. The molecule has 8 nitrogen and oxygen atoms in total. The molecule has 6 rings (SSSR count). The number of anilines is 2. The summed E-state index contributed by atoms with van der Waals surface area (Å²) in [7, 11) is 1.89. The molecule has 0 spiro atoms. The Morgan fingerprint density at radius 1 is 1.05 bits per heavy atom. The largest absolute Gasteiger partial charge is 0.468 e. The first kappa shape index (κ1) is 26.1. The van der Waals surface area contributed by atoms with E-state index in [0.717, 1.165) is 33.6 Å². The zero-order valence-corrected chi connectivity index (χ0v) is 21.6. The van der Waals surface area contributed by atoms with E-state index in [2.05, 4.69) is 38.2 Å². The molecular weight excluding hydrogens is 511 g/mol. The number of aromatic nitrogens is 3. The van der Waals surface area contributed by atoms with Crippen molar-refractivity contribution < 1.29 is 9.53 Å². The highest BCUT2D eigenvalue weighted by atomic mass is 35.5. The van der Waals surface area contributed by atoms with Crippen molar-refractivity contribution in [2.45, 2.75) is 12.1 Å². The van der Waals surface area contributed by atoms with Gasteiger partial charge in [-0.25, -0.2) is 4.98 Å². The average Bonchev–Trinajstić information content (AvgIpc) is 3.47. The van der Waals surface area contributed by atoms with Crippen molar-refractivity contribution >= 4 is 47.7 Å². The molecular formula is C27H26Cl2N6O2. The molecule has 0 saturated heterocycles. The highest BCUT2D eigenvalue weighted by Crippen LogP contribution is 2.35. The van der Waals surface area contributed by atoms with Crippen molar-refractivity contribution in [1.82, 2.24) is 20.1 Å². The number of nitrogens with zero attached hydrogens (tertiary/aromatic N) is 3. The van der Waals surface area contributed by atoms with Gasteiger partial charge in [0.1, 0.15) is 6.10 Å². The highest BCUT2D eigenvalue weighted by molar-refractivity contribution is 6.31. The van der Waals surface area contributed by atoms with Gasteiger partial charge in [0.05, 0.1) is 30.0 Å². The summed E-state index contributed by atoms with van der Waals surface area (Å²) in [5.74, 6) is 0.427. The Labute approximate surface area is 227 Å². The number of benzene rings is 2. The molecule has 0 unspecified atom stereocenters. The number of para-hydroxylation sites is 1.